The summed E-state index contributed by atoms with van der Waals surface area (Å²) < 4.78 is 16.6. The second-order valence-corrected chi connectivity index (χ2v) is 5.13. The number of methoxy groups -OCH3 is 1. The summed E-state index contributed by atoms with van der Waals surface area (Å²) in [6, 6.07) is 11.5. The molecule has 0 fully saturated rings. The molecule has 1 atom stereocenters. The van der Waals surface area contributed by atoms with Gasteiger partial charge in [0.15, 0.2) is 0 Å². The third kappa shape index (κ3) is 2.81. The summed E-state index contributed by atoms with van der Waals surface area (Å²) in [5.41, 5.74) is 2.98. The van der Waals surface area contributed by atoms with Crippen molar-refractivity contribution in [3.8, 4) is 17.2 Å². The number of rotatable bonds is 4. The van der Waals surface area contributed by atoms with E-state index in [0.717, 1.165) is 22.4 Å². The Kier molecular flexibility index (Phi) is 3.71. The van der Waals surface area contributed by atoms with E-state index in [0.29, 0.717) is 24.7 Å². The number of benzene rings is 2. The molecule has 0 saturated carbocycles. The minimum atomic E-state index is -0.536. The third-order valence-electron chi connectivity index (χ3n) is 3.57. The van der Waals surface area contributed by atoms with Crippen LogP contribution in [-0.4, -0.2) is 18.8 Å². The van der Waals surface area contributed by atoms with Gasteiger partial charge in [0.2, 0.25) is 0 Å². The molecular weight excluding hydrogens is 268 g/mol. The maximum atomic E-state index is 9.70. The molecule has 3 rings (SSSR count). The Hall–Kier alpha value is -2.20. The van der Waals surface area contributed by atoms with Crippen LogP contribution in [0.1, 0.15) is 22.8 Å². The van der Waals surface area contributed by atoms with Crippen molar-refractivity contribution in [3.63, 3.8) is 0 Å². The summed E-state index contributed by atoms with van der Waals surface area (Å²) >= 11 is 0. The molecule has 4 heteroatoms. The standard InChI is InChI=1S/C17H18O4/c1-11-3-6-16(19-2)12(7-11)9-20-13-4-5-14-15(18)10-21-17(14)8-13/h3-8,15,18H,9-10H2,1-2H3. The molecule has 1 aliphatic rings. The van der Waals surface area contributed by atoms with Crippen molar-refractivity contribution in [2.24, 2.45) is 0 Å². The topological polar surface area (TPSA) is 47.9 Å². The normalized spacial score (nSPS) is 16.2. The van der Waals surface area contributed by atoms with E-state index in [2.05, 4.69) is 0 Å². The molecule has 110 valence electrons. The highest BCUT2D eigenvalue weighted by Crippen LogP contribution is 2.35. The van der Waals surface area contributed by atoms with E-state index in [9.17, 15) is 5.11 Å². The Morgan fingerprint density at radius 1 is 1.24 bits per heavy atom. The van der Waals surface area contributed by atoms with Crippen molar-refractivity contribution < 1.29 is 19.3 Å². The van der Waals surface area contributed by atoms with Crippen LogP contribution >= 0.6 is 0 Å². The van der Waals surface area contributed by atoms with Gasteiger partial charge in [-0.1, -0.05) is 11.6 Å². The van der Waals surface area contributed by atoms with Gasteiger partial charge >= 0.3 is 0 Å². The molecule has 0 radical (unpaired) electrons. The number of fused-ring (bicyclic) bond motifs is 1. The molecule has 4 nitrogen and oxygen atoms in total. The van der Waals surface area contributed by atoms with E-state index < -0.39 is 6.10 Å². The molecule has 2 aromatic carbocycles. The third-order valence-corrected chi connectivity index (χ3v) is 3.57. The average Bonchev–Trinajstić information content (AvgIpc) is 2.86. The highest BCUT2D eigenvalue weighted by Gasteiger charge is 2.22. The van der Waals surface area contributed by atoms with Crippen molar-refractivity contribution in [2.75, 3.05) is 13.7 Å². The maximum Gasteiger partial charge on any atom is 0.129 e. The predicted octanol–water partition coefficient (Wildman–Crippen LogP) is 3.01. The maximum absolute atomic E-state index is 9.70. The monoisotopic (exact) mass is 286 g/mol. The molecule has 1 unspecified atom stereocenters. The molecule has 21 heavy (non-hydrogen) atoms. The first-order valence-corrected chi connectivity index (χ1v) is 6.88. The fraction of sp³-hybridized carbons (Fsp3) is 0.294. The van der Waals surface area contributed by atoms with Gasteiger partial charge in [0.05, 0.1) is 7.11 Å². The van der Waals surface area contributed by atoms with Crippen LogP contribution in [0.2, 0.25) is 0 Å². The molecule has 1 heterocycles. The van der Waals surface area contributed by atoms with Gasteiger partial charge in [-0.05, 0) is 31.2 Å². The molecule has 0 saturated heterocycles. The molecule has 0 spiro atoms. The summed E-state index contributed by atoms with van der Waals surface area (Å²) in [6.45, 7) is 2.77. The first kappa shape index (κ1) is 13.8. The Bertz CT molecular complexity index is 651. The van der Waals surface area contributed by atoms with Crippen LogP contribution < -0.4 is 14.2 Å². The van der Waals surface area contributed by atoms with Crippen molar-refractivity contribution in [1.82, 2.24) is 0 Å². The Morgan fingerprint density at radius 2 is 2.10 bits per heavy atom. The molecule has 0 aromatic heterocycles. The van der Waals surface area contributed by atoms with Crippen LogP contribution in [0.5, 0.6) is 17.2 Å². The SMILES string of the molecule is COc1ccc(C)cc1COc1ccc2c(c1)OCC2O. The molecule has 0 bridgehead atoms. The fourth-order valence-corrected chi connectivity index (χ4v) is 2.44. The van der Waals surface area contributed by atoms with E-state index in [1.54, 1.807) is 7.11 Å². The predicted molar refractivity (Wildman–Crippen MR) is 79.0 cm³/mol. The Morgan fingerprint density at radius 3 is 2.90 bits per heavy atom. The number of aryl methyl sites for hydroxylation is 1. The van der Waals surface area contributed by atoms with Gasteiger partial charge in [0, 0.05) is 17.2 Å². The van der Waals surface area contributed by atoms with Gasteiger partial charge in [-0.2, -0.15) is 0 Å². The Labute approximate surface area is 123 Å². The summed E-state index contributed by atoms with van der Waals surface area (Å²) in [5.74, 6) is 2.22. The number of ether oxygens (including phenoxy) is 3. The minimum Gasteiger partial charge on any atom is -0.496 e. The molecule has 1 aliphatic heterocycles. The number of hydrogen-bond acceptors (Lipinski definition) is 4. The first-order chi connectivity index (χ1) is 10.2. The van der Waals surface area contributed by atoms with Gasteiger partial charge in [-0.3, -0.25) is 0 Å². The van der Waals surface area contributed by atoms with Crippen LogP contribution in [0, 0.1) is 6.92 Å². The summed E-state index contributed by atoms with van der Waals surface area (Å²) in [6.07, 6.45) is -0.536. The van der Waals surface area contributed by atoms with Crippen molar-refractivity contribution >= 4 is 0 Å². The van der Waals surface area contributed by atoms with Crippen LogP contribution in [0.4, 0.5) is 0 Å². The van der Waals surface area contributed by atoms with Crippen LogP contribution in [-0.2, 0) is 6.61 Å². The lowest BCUT2D eigenvalue weighted by molar-refractivity contribution is 0.140. The van der Waals surface area contributed by atoms with Crippen molar-refractivity contribution in [3.05, 3.63) is 53.1 Å². The number of hydrogen-bond donors (Lipinski definition) is 1. The number of aliphatic hydroxyl groups excluding tert-OH is 1. The van der Waals surface area contributed by atoms with Gasteiger partial charge in [-0.25, -0.2) is 0 Å². The smallest absolute Gasteiger partial charge is 0.129 e. The molecule has 0 amide bonds. The van der Waals surface area contributed by atoms with Gasteiger partial charge in [-0.15, -0.1) is 0 Å². The minimum absolute atomic E-state index is 0.310. The van der Waals surface area contributed by atoms with Crippen LogP contribution in [0.15, 0.2) is 36.4 Å². The van der Waals surface area contributed by atoms with Gasteiger partial charge in [0.1, 0.15) is 36.6 Å². The van der Waals surface area contributed by atoms with Crippen molar-refractivity contribution in [2.45, 2.75) is 19.6 Å². The molecule has 0 aliphatic carbocycles. The molecule has 2 aromatic rings. The zero-order chi connectivity index (χ0) is 14.8. The van der Waals surface area contributed by atoms with Gasteiger partial charge < -0.3 is 19.3 Å². The van der Waals surface area contributed by atoms with E-state index in [4.69, 9.17) is 14.2 Å². The highest BCUT2D eigenvalue weighted by atomic mass is 16.5. The van der Waals surface area contributed by atoms with Crippen LogP contribution in [0.3, 0.4) is 0 Å². The van der Waals surface area contributed by atoms with Crippen molar-refractivity contribution in [1.29, 1.82) is 0 Å². The average molecular weight is 286 g/mol. The lowest BCUT2D eigenvalue weighted by Crippen LogP contribution is -1.99. The van der Waals surface area contributed by atoms with E-state index in [1.165, 1.54) is 0 Å². The Balaban J connectivity index is 1.75. The zero-order valence-electron chi connectivity index (χ0n) is 12.1. The highest BCUT2D eigenvalue weighted by molar-refractivity contribution is 5.44. The first-order valence-electron chi connectivity index (χ1n) is 6.88. The van der Waals surface area contributed by atoms with E-state index in [1.807, 2.05) is 43.3 Å². The lowest BCUT2D eigenvalue weighted by Gasteiger charge is -2.12. The second kappa shape index (κ2) is 5.66. The fourth-order valence-electron chi connectivity index (χ4n) is 2.44. The zero-order valence-corrected chi connectivity index (χ0v) is 12.1. The molecule has 1 N–H and O–H groups in total. The van der Waals surface area contributed by atoms with Crippen LogP contribution in [0.25, 0.3) is 0 Å². The van der Waals surface area contributed by atoms with Gasteiger partial charge in [0.25, 0.3) is 0 Å². The summed E-state index contributed by atoms with van der Waals surface area (Å²) in [7, 11) is 1.65. The largest absolute Gasteiger partial charge is 0.496 e. The second-order valence-electron chi connectivity index (χ2n) is 5.13. The lowest BCUT2D eigenvalue weighted by atomic mass is 10.1. The van der Waals surface area contributed by atoms with E-state index >= 15 is 0 Å². The molecular formula is C17H18O4. The number of aliphatic hydroxyl groups is 1. The summed E-state index contributed by atoms with van der Waals surface area (Å²) in [4.78, 5) is 0. The summed E-state index contributed by atoms with van der Waals surface area (Å²) in [5, 5.41) is 9.70. The van der Waals surface area contributed by atoms with E-state index in [-0.39, 0.29) is 0 Å². The quantitative estimate of drug-likeness (QED) is 0.938.